The van der Waals surface area contributed by atoms with Gasteiger partial charge in [-0.1, -0.05) is 40.2 Å². The van der Waals surface area contributed by atoms with Gasteiger partial charge in [-0.3, -0.25) is 14.6 Å². The number of nitrogens with zero attached hydrogens (tertiary/aromatic N) is 3. The van der Waals surface area contributed by atoms with Crippen molar-refractivity contribution >= 4 is 38.3 Å². The quantitative estimate of drug-likeness (QED) is 0.556. The molecule has 1 amide bonds. The van der Waals surface area contributed by atoms with Gasteiger partial charge in [-0.25, -0.2) is 9.37 Å². The van der Waals surface area contributed by atoms with Crippen LogP contribution in [0.1, 0.15) is 5.56 Å². The van der Waals surface area contributed by atoms with Gasteiger partial charge in [0.15, 0.2) is 5.13 Å². The van der Waals surface area contributed by atoms with Crippen molar-refractivity contribution < 1.29 is 9.18 Å². The Morgan fingerprint density at radius 3 is 2.40 bits per heavy atom. The number of thiazole rings is 1. The van der Waals surface area contributed by atoms with Gasteiger partial charge in [-0.15, -0.1) is 11.3 Å². The Labute approximate surface area is 187 Å². The van der Waals surface area contributed by atoms with Crippen LogP contribution in [0, 0.1) is 5.82 Å². The number of halogens is 2. The Morgan fingerprint density at radius 2 is 1.70 bits per heavy atom. The van der Waals surface area contributed by atoms with E-state index in [1.54, 1.807) is 0 Å². The third-order valence-electron chi connectivity index (χ3n) is 5.04. The van der Waals surface area contributed by atoms with Gasteiger partial charge in [0.25, 0.3) is 0 Å². The molecule has 1 fully saturated rings. The van der Waals surface area contributed by atoms with Crippen LogP contribution < -0.4 is 5.32 Å². The van der Waals surface area contributed by atoms with E-state index in [1.165, 1.54) is 23.5 Å². The molecule has 30 heavy (non-hydrogen) atoms. The van der Waals surface area contributed by atoms with Crippen molar-refractivity contribution in [1.29, 1.82) is 0 Å². The van der Waals surface area contributed by atoms with Crippen LogP contribution in [0.25, 0.3) is 11.3 Å². The molecule has 1 N–H and O–H groups in total. The molecule has 0 aliphatic carbocycles. The lowest BCUT2D eigenvalue weighted by Gasteiger charge is -2.34. The normalized spacial score (nSPS) is 15.3. The maximum Gasteiger partial charge on any atom is 0.240 e. The molecular weight excluding hydrogens is 467 g/mol. The van der Waals surface area contributed by atoms with E-state index in [0.29, 0.717) is 11.7 Å². The summed E-state index contributed by atoms with van der Waals surface area (Å²) < 4.78 is 14.1. The lowest BCUT2D eigenvalue weighted by molar-refractivity contribution is -0.117. The summed E-state index contributed by atoms with van der Waals surface area (Å²) in [4.78, 5) is 21.4. The van der Waals surface area contributed by atoms with Gasteiger partial charge >= 0.3 is 0 Å². The van der Waals surface area contributed by atoms with Crippen LogP contribution in [-0.4, -0.2) is 53.4 Å². The molecule has 0 unspecified atom stereocenters. The van der Waals surface area contributed by atoms with Crippen molar-refractivity contribution in [2.75, 3.05) is 38.0 Å². The highest BCUT2D eigenvalue weighted by Gasteiger charge is 2.19. The number of anilines is 1. The van der Waals surface area contributed by atoms with E-state index in [-0.39, 0.29) is 11.7 Å². The molecule has 156 valence electrons. The van der Waals surface area contributed by atoms with Crippen molar-refractivity contribution in [3.05, 3.63) is 69.8 Å². The van der Waals surface area contributed by atoms with Crippen LogP contribution in [0.3, 0.4) is 0 Å². The molecular formula is C22H22BrFN4OS. The first-order valence-corrected chi connectivity index (χ1v) is 11.4. The highest BCUT2D eigenvalue weighted by Crippen LogP contribution is 2.26. The SMILES string of the molecule is O=C(CN1CCN(Cc2ccc(F)cc2)CC1)Nc1nc(-c2ccc(Br)cc2)cs1. The van der Waals surface area contributed by atoms with Gasteiger partial charge < -0.3 is 5.32 Å². The standard InChI is InChI=1S/C22H22BrFN4OS/c23-18-5-3-17(4-6-18)20-15-30-22(25-20)26-21(29)14-28-11-9-27(10-12-28)13-16-1-7-19(24)8-2-16/h1-8,15H,9-14H2,(H,25,26,29). The van der Waals surface area contributed by atoms with Crippen LogP contribution in [0.4, 0.5) is 9.52 Å². The average Bonchev–Trinajstić information content (AvgIpc) is 3.20. The van der Waals surface area contributed by atoms with Crippen molar-refractivity contribution in [3.63, 3.8) is 0 Å². The molecule has 8 heteroatoms. The lowest BCUT2D eigenvalue weighted by atomic mass is 10.2. The zero-order chi connectivity index (χ0) is 20.9. The number of benzene rings is 2. The van der Waals surface area contributed by atoms with Crippen LogP contribution in [0.5, 0.6) is 0 Å². The fraction of sp³-hybridized carbons (Fsp3) is 0.273. The molecule has 5 nitrogen and oxygen atoms in total. The molecule has 0 saturated carbocycles. The summed E-state index contributed by atoms with van der Waals surface area (Å²) in [5.74, 6) is -0.252. The van der Waals surface area contributed by atoms with Crippen molar-refractivity contribution in [3.8, 4) is 11.3 Å². The minimum atomic E-state index is -0.209. The van der Waals surface area contributed by atoms with E-state index in [9.17, 15) is 9.18 Å². The molecule has 2 heterocycles. The summed E-state index contributed by atoms with van der Waals surface area (Å²) in [6, 6.07) is 14.6. The lowest BCUT2D eigenvalue weighted by Crippen LogP contribution is -2.48. The number of rotatable bonds is 6. The second kappa shape index (κ2) is 9.78. The highest BCUT2D eigenvalue weighted by molar-refractivity contribution is 9.10. The minimum absolute atomic E-state index is 0.0429. The largest absolute Gasteiger partial charge is 0.301 e. The molecule has 0 spiro atoms. The summed E-state index contributed by atoms with van der Waals surface area (Å²) in [6.07, 6.45) is 0. The summed E-state index contributed by atoms with van der Waals surface area (Å²) in [5, 5.41) is 5.49. The molecule has 1 aliphatic rings. The van der Waals surface area contributed by atoms with E-state index in [2.05, 4.69) is 36.0 Å². The number of hydrogen-bond acceptors (Lipinski definition) is 5. The number of amides is 1. The third kappa shape index (κ3) is 5.72. The summed E-state index contributed by atoms with van der Waals surface area (Å²) >= 11 is 4.86. The van der Waals surface area contributed by atoms with Gasteiger partial charge in [-0.05, 0) is 29.8 Å². The number of piperazine rings is 1. The molecule has 1 aromatic heterocycles. The smallest absolute Gasteiger partial charge is 0.240 e. The number of hydrogen-bond donors (Lipinski definition) is 1. The summed E-state index contributed by atoms with van der Waals surface area (Å²) in [7, 11) is 0. The zero-order valence-corrected chi connectivity index (χ0v) is 18.8. The number of aromatic nitrogens is 1. The van der Waals surface area contributed by atoms with Crippen LogP contribution in [0.15, 0.2) is 58.4 Å². The number of nitrogens with one attached hydrogen (secondary N) is 1. The second-order valence-corrected chi connectivity index (χ2v) is 9.05. The average molecular weight is 489 g/mol. The molecule has 2 aromatic carbocycles. The van der Waals surface area contributed by atoms with E-state index in [4.69, 9.17) is 0 Å². The van der Waals surface area contributed by atoms with Gasteiger partial charge in [0, 0.05) is 48.1 Å². The molecule has 0 radical (unpaired) electrons. The van der Waals surface area contributed by atoms with Gasteiger partial charge in [0.1, 0.15) is 5.82 Å². The van der Waals surface area contributed by atoms with Gasteiger partial charge in [-0.2, -0.15) is 0 Å². The first kappa shape index (κ1) is 21.1. The summed E-state index contributed by atoms with van der Waals surface area (Å²) in [6.45, 7) is 4.59. The van der Waals surface area contributed by atoms with E-state index in [0.717, 1.165) is 54.0 Å². The van der Waals surface area contributed by atoms with E-state index >= 15 is 0 Å². The van der Waals surface area contributed by atoms with Crippen LogP contribution in [0.2, 0.25) is 0 Å². The van der Waals surface area contributed by atoms with Crippen molar-refractivity contribution in [2.24, 2.45) is 0 Å². The molecule has 3 aromatic rings. The number of carbonyl (C=O) groups excluding carboxylic acids is 1. The highest BCUT2D eigenvalue weighted by atomic mass is 79.9. The molecule has 1 saturated heterocycles. The van der Waals surface area contributed by atoms with Crippen molar-refractivity contribution in [2.45, 2.75) is 6.54 Å². The molecule has 0 atom stereocenters. The Kier molecular flexibility index (Phi) is 6.89. The van der Waals surface area contributed by atoms with Crippen molar-refractivity contribution in [1.82, 2.24) is 14.8 Å². The Bertz CT molecular complexity index is 985. The topological polar surface area (TPSA) is 48.5 Å². The summed E-state index contributed by atoms with van der Waals surface area (Å²) in [5.41, 5.74) is 2.98. The Balaban J connectivity index is 1.23. The van der Waals surface area contributed by atoms with Crippen LogP contribution in [-0.2, 0) is 11.3 Å². The number of carbonyl (C=O) groups is 1. The van der Waals surface area contributed by atoms with E-state index in [1.807, 2.05) is 41.8 Å². The maximum atomic E-state index is 13.0. The Morgan fingerprint density at radius 1 is 1.03 bits per heavy atom. The minimum Gasteiger partial charge on any atom is -0.301 e. The fourth-order valence-corrected chi connectivity index (χ4v) is 4.40. The predicted octanol–water partition coefficient (Wildman–Crippen LogP) is 4.47. The van der Waals surface area contributed by atoms with Gasteiger partial charge in [0.2, 0.25) is 5.91 Å². The molecule has 1 aliphatic heterocycles. The van der Waals surface area contributed by atoms with Gasteiger partial charge in [0.05, 0.1) is 12.2 Å². The molecule has 4 rings (SSSR count). The van der Waals surface area contributed by atoms with Crippen LogP contribution >= 0.6 is 27.3 Å². The van der Waals surface area contributed by atoms with E-state index < -0.39 is 0 Å². The second-order valence-electron chi connectivity index (χ2n) is 7.27. The zero-order valence-electron chi connectivity index (χ0n) is 16.4. The Hall–Kier alpha value is -2.13. The first-order valence-electron chi connectivity index (χ1n) is 9.76. The third-order valence-corrected chi connectivity index (χ3v) is 6.33. The first-order chi connectivity index (χ1) is 14.5. The molecule has 0 bridgehead atoms. The predicted molar refractivity (Wildman–Crippen MR) is 122 cm³/mol. The monoisotopic (exact) mass is 488 g/mol. The maximum absolute atomic E-state index is 13.0. The fourth-order valence-electron chi connectivity index (χ4n) is 3.40.